The van der Waals surface area contributed by atoms with E-state index in [0.717, 1.165) is 24.3 Å². The summed E-state index contributed by atoms with van der Waals surface area (Å²) in [5, 5.41) is 0. The molecular formula is C12H13F4NO3. The molecule has 1 rings (SSSR count). The van der Waals surface area contributed by atoms with Gasteiger partial charge < -0.3 is 15.2 Å². The van der Waals surface area contributed by atoms with Crippen LogP contribution in [0.5, 0.6) is 5.75 Å². The average Bonchev–Trinajstić information content (AvgIpc) is 2.38. The number of carbonyl (C=O) groups excluding carboxylic acids is 1. The Labute approximate surface area is 112 Å². The largest absolute Gasteiger partial charge is 0.462 e. The van der Waals surface area contributed by atoms with Crippen LogP contribution in [-0.4, -0.2) is 25.1 Å². The molecule has 0 amide bonds. The highest BCUT2D eigenvalue weighted by atomic mass is 19.3. The third-order valence-electron chi connectivity index (χ3n) is 2.40. The van der Waals surface area contributed by atoms with Gasteiger partial charge in [-0.3, -0.25) is 0 Å². The molecule has 0 radical (unpaired) electrons. The molecule has 1 aromatic rings. The maximum atomic E-state index is 13.6. The molecule has 0 heterocycles. The topological polar surface area (TPSA) is 61.5 Å². The lowest BCUT2D eigenvalue weighted by molar-refractivity contribution is -0.174. The van der Waals surface area contributed by atoms with Crippen LogP contribution in [-0.2, 0) is 9.53 Å². The van der Waals surface area contributed by atoms with Crippen LogP contribution >= 0.6 is 0 Å². The van der Waals surface area contributed by atoms with E-state index in [0.29, 0.717) is 0 Å². The van der Waals surface area contributed by atoms with Crippen molar-refractivity contribution in [1.82, 2.24) is 0 Å². The van der Waals surface area contributed by atoms with Gasteiger partial charge in [0.05, 0.1) is 6.61 Å². The Balaban J connectivity index is 2.86. The van der Waals surface area contributed by atoms with Gasteiger partial charge in [0.1, 0.15) is 11.8 Å². The summed E-state index contributed by atoms with van der Waals surface area (Å²) in [6.07, 6.45) is 0. The summed E-state index contributed by atoms with van der Waals surface area (Å²) in [5.74, 6) is -5.85. The van der Waals surface area contributed by atoms with Crippen molar-refractivity contribution in [3.63, 3.8) is 0 Å². The molecule has 4 nitrogen and oxygen atoms in total. The van der Waals surface area contributed by atoms with Crippen molar-refractivity contribution in [2.75, 3.05) is 6.61 Å². The Bertz CT molecular complexity index is 451. The van der Waals surface area contributed by atoms with Gasteiger partial charge in [-0.05, 0) is 24.6 Å². The van der Waals surface area contributed by atoms with E-state index < -0.39 is 24.5 Å². The van der Waals surface area contributed by atoms with E-state index in [9.17, 15) is 22.4 Å². The fourth-order valence-corrected chi connectivity index (χ4v) is 1.42. The van der Waals surface area contributed by atoms with Crippen LogP contribution < -0.4 is 10.5 Å². The standard InChI is InChI=1S/C12H13F4NO3/c1-2-19-10(18)12(15,16)9(17)7-3-5-8(6-4-7)20-11(13)14/h3-6,9,11H,2,17H2,1H3/t9-/m0/s1. The molecule has 0 saturated carbocycles. The van der Waals surface area contributed by atoms with E-state index in [-0.39, 0.29) is 17.9 Å². The summed E-state index contributed by atoms with van der Waals surface area (Å²) in [6, 6.07) is 2.33. The second kappa shape index (κ2) is 6.56. The zero-order valence-electron chi connectivity index (χ0n) is 10.5. The van der Waals surface area contributed by atoms with Gasteiger partial charge in [-0.25, -0.2) is 4.79 Å². The number of hydrogen-bond donors (Lipinski definition) is 1. The molecule has 112 valence electrons. The van der Waals surface area contributed by atoms with Gasteiger partial charge in [-0.1, -0.05) is 12.1 Å². The fourth-order valence-electron chi connectivity index (χ4n) is 1.42. The Kier molecular flexibility index (Phi) is 5.32. The van der Waals surface area contributed by atoms with Crippen LogP contribution in [0, 0.1) is 0 Å². The molecule has 8 heteroatoms. The number of carbonyl (C=O) groups is 1. The molecule has 0 fully saturated rings. The number of alkyl halides is 4. The molecule has 0 unspecified atom stereocenters. The Morgan fingerprint density at radius 1 is 1.30 bits per heavy atom. The normalized spacial score (nSPS) is 13.2. The maximum Gasteiger partial charge on any atom is 0.387 e. The minimum absolute atomic E-state index is 0.107. The molecule has 1 atom stereocenters. The third kappa shape index (κ3) is 3.83. The number of halogens is 4. The Morgan fingerprint density at radius 3 is 2.30 bits per heavy atom. The first-order chi connectivity index (χ1) is 9.28. The molecule has 2 N–H and O–H groups in total. The van der Waals surface area contributed by atoms with Crippen LogP contribution in [0.2, 0.25) is 0 Å². The summed E-state index contributed by atoms with van der Waals surface area (Å²) in [6.45, 7) is -1.84. The van der Waals surface area contributed by atoms with Gasteiger partial charge >= 0.3 is 18.5 Å². The molecule has 0 aliphatic rings. The Morgan fingerprint density at radius 2 is 1.85 bits per heavy atom. The smallest absolute Gasteiger partial charge is 0.387 e. The average molecular weight is 295 g/mol. The number of nitrogens with two attached hydrogens (primary N) is 1. The molecule has 0 aromatic heterocycles. The maximum absolute atomic E-state index is 13.6. The highest BCUT2D eigenvalue weighted by Gasteiger charge is 2.47. The predicted molar refractivity (Wildman–Crippen MR) is 61.6 cm³/mol. The monoisotopic (exact) mass is 295 g/mol. The fraction of sp³-hybridized carbons (Fsp3) is 0.417. The quantitative estimate of drug-likeness (QED) is 0.647. The lowest BCUT2D eigenvalue weighted by Crippen LogP contribution is -2.41. The highest BCUT2D eigenvalue weighted by molar-refractivity contribution is 5.78. The van der Waals surface area contributed by atoms with Gasteiger partial charge in [0.15, 0.2) is 0 Å². The third-order valence-corrected chi connectivity index (χ3v) is 2.40. The molecule has 0 aliphatic carbocycles. The first-order valence-corrected chi connectivity index (χ1v) is 5.64. The van der Waals surface area contributed by atoms with Gasteiger partial charge in [-0.15, -0.1) is 0 Å². The van der Waals surface area contributed by atoms with Gasteiger partial charge in [0, 0.05) is 0 Å². The van der Waals surface area contributed by atoms with Crippen molar-refractivity contribution in [3.8, 4) is 5.75 Å². The Hall–Kier alpha value is -1.83. The lowest BCUT2D eigenvalue weighted by Gasteiger charge is -2.22. The summed E-state index contributed by atoms with van der Waals surface area (Å²) in [4.78, 5) is 11.1. The molecule has 0 saturated heterocycles. The van der Waals surface area contributed by atoms with E-state index in [2.05, 4.69) is 9.47 Å². The van der Waals surface area contributed by atoms with E-state index in [1.807, 2.05) is 0 Å². The van der Waals surface area contributed by atoms with Crippen LogP contribution in [0.15, 0.2) is 24.3 Å². The number of rotatable bonds is 6. The van der Waals surface area contributed by atoms with Crippen molar-refractivity contribution in [1.29, 1.82) is 0 Å². The zero-order valence-corrected chi connectivity index (χ0v) is 10.5. The van der Waals surface area contributed by atoms with E-state index in [1.165, 1.54) is 6.92 Å². The lowest BCUT2D eigenvalue weighted by atomic mass is 10.0. The highest BCUT2D eigenvalue weighted by Crippen LogP contribution is 2.31. The number of hydrogen-bond acceptors (Lipinski definition) is 4. The second-order valence-electron chi connectivity index (χ2n) is 3.77. The van der Waals surface area contributed by atoms with Crippen LogP contribution in [0.3, 0.4) is 0 Å². The first-order valence-electron chi connectivity index (χ1n) is 5.64. The SMILES string of the molecule is CCOC(=O)C(F)(F)[C@@H](N)c1ccc(OC(F)F)cc1. The van der Waals surface area contributed by atoms with Crippen LogP contribution in [0.4, 0.5) is 17.6 Å². The van der Waals surface area contributed by atoms with Crippen LogP contribution in [0.25, 0.3) is 0 Å². The van der Waals surface area contributed by atoms with Crippen molar-refractivity contribution < 1.29 is 31.8 Å². The van der Waals surface area contributed by atoms with E-state index in [1.54, 1.807) is 0 Å². The van der Waals surface area contributed by atoms with Crippen LogP contribution in [0.1, 0.15) is 18.5 Å². The molecule has 0 bridgehead atoms. The van der Waals surface area contributed by atoms with Crippen molar-refractivity contribution in [2.24, 2.45) is 5.73 Å². The number of esters is 1. The van der Waals surface area contributed by atoms with Gasteiger partial charge in [0.25, 0.3) is 0 Å². The van der Waals surface area contributed by atoms with Gasteiger partial charge in [0.2, 0.25) is 0 Å². The van der Waals surface area contributed by atoms with E-state index in [4.69, 9.17) is 5.73 Å². The summed E-state index contributed by atoms with van der Waals surface area (Å²) < 4.78 is 59.4. The van der Waals surface area contributed by atoms with Gasteiger partial charge in [-0.2, -0.15) is 17.6 Å². The molecule has 0 spiro atoms. The molecule has 1 aromatic carbocycles. The van der Waals surface area contributed by atoms with E-state index >= 15 is 0 Å². The minimum atomic E-state index is -3.92. The molecule has 0 aliphatic heterocycles. The molecule has 20 heavy (non-hydrogen) atoms. The number of ether oxygens (including phenoxy) is 2. The van der Waals surface area contributed by atoms with Crippen molar-refractivity contribution in [2.45, 2.75) is 25.5 Å². The summed E-state index contributed by atoms with van der Waals surface area (Å²) in [5.41, 5.74) is 5.21. The van der Waals surface area contributed by atoms with Crippen molar-refractivity contribution in [3.05, 3.63) is 29.8 Å². The second-order valence-corrected chi connectivity index (χ2v) is 3.77. The summed E-state index contributed by atoms with van der Waals surface area (Å²) >= 11 is 0. The zero-order chi connectivity index (χ0) is 15.3. The van der Waals surface area contributed by atoms with Crippen molar-refractivity contribution >= 4 is 5.97 Å². The molecular weight excluding hydrogens is 282 g/mol. The minimum Gasteiger partial charge on any atom is -0.462 e. The number of benzene rings is 1. The summed E-state index contributed by atoms with van der Waals surface area (Å²) in [7, 11) is 0. The predicted octanol–water partition coefficient (Wildman–Crippen LogP) is 2.49. The first kappa shape index (κ1) is 16.2.